The van der Waals surface area contributed by atoms with Gasteiger partial charge in [-0.1, -0.05) is 24.3 Å². The average Bonchev–Trinajstić information content (AvgIpc) is 2.61. The first-order valence-corrected chi connectivity index (χ1v) is 7.41. The number of halogens is 1. The molecule has 0 bridgehead atoms. The lowest BCUT2D eigenvalue weighted by atomic mass is 10.1. The van der Waals surface area contributed by atoms with Crippen LogP contribution in [-0.2, 0) is 4.74 Å². The molecule has 0 saturated heterocycles. The topological polar surface area (TPSA) is 56.3 Å². The summed E-state index contributed by atoms with van der Waals surface area (Å²) in [6.45, 7) is 1.48. The van der Waals surface area contributed by atoms with Gasteiger partial charge in [0.15, 0.2) is 6.10 Å². The van der Waals surface area contributed by atoms with Crippen molar-refractivity contribution < 1.29 is 18.7 Å². The summed E-state index contributed by atoms with van der Waals surface area (Å²) in [5.74, 6) is -1.51. The summed E-state index contributed by atoms with van der Waals surface area (Å²) in [5.41, 5.74) is 1.08. The molecule has 2 aromatic carbocycles. The van der Waals surface area contributed by atoms with E-state index in [0.717, 1.165) is 5.39 Å². The molecular formula is C19H14FNO3. The number of hydrogen-bond donors (Lipinski definition) is 0. The summed E-state index contributed by atoms with van der Waals surface area (Å²) in [7, 11) is 0. The van der Waals surface area contributed by atoms with Gasteiger partial charge in [-0.25, -0.2) is 14.2 Å². The second-order valence-electron chi connectivity index (χ2n) is 5.31. The van der Waals surface area contributed by atoms with Crippen molar-refractivity contribution in [1.82, 2.24) is 4.98 Å². The Morgan fingerprint density at radius 2 is 1.71 bits per heavy atom. The summed E-state index contributed by atoms with van der Waals surface area (Å²) in [6, 6.07) is 15.8. The minimum absolute atomic E-state index is 0.132. The van der Waals surface area contributed by atoms with Crippen molar-refractivity contribution in [2.45, 2.75) is 13.0 Å². The van der Waals surface area contributed by atoms with Crippen LogP contribution in [-0.4, -0.2) is 22.8 Å². The van der Waals surface area contributed by atoms with Crippen molar-refractivity contribution in [1.29, 1.82) is 0 Å². The summed E-state index contributed by atoms with van der Waals surface area (Å²) in [4.78, 5) is 28.6. The van der Waals surface area contributed by atoms with Gasteiger partial charge in [0.25, 0.3) is 0 Å². The normalized spacial score (nSPS) is 11.9. The highest BCUT2D eigenvalue weighted by Crippen LogP contribution is 2.14. The molecule has 1 unspecified atom stereocenters. The van der Waals surface area contributed by atoms with Crippen molar-refractivity contribution in [3.63, 3.8) is 0 Å². The van der Waals surface area contributed by atoms with Gasteiger partial charge in [-0.05, 0) is 43.3 Å². The molecule has 0 spiro atoms. The Labute approximate surface area is 137 Å². The predicted molar refractivity (Wildman–Crippen MR) is 87.4 cm³/mol. The second kappa shape index (κ2) is 6.58. The zero-order chi connectivity index (χ0) is 17.1. The van der Waals surface area contributed by atoms with Crippen LogP contribution in [0.1, 0.15) is 27.8 Å². The van der Waals surface area contributed by atoms with Crippen LogP contribution in [0.5, 0.6) is 0 Å². The third-order valence-electron chi connectivity index (χ3n) is 3.59. The zero-order valence-corrected chi connectivity index (χ0v) is 12.9. The molecule has 0 radical (unpaired) electrons. The van der Waals surface area contributed by atoms with Crippen LogP contribution in [0.2, 0.25) is 0 Å². The Kier molecular flexibility index (Phi) is 4.33. The number of nitrogens with zero attached hydrogens (tertiary/aromatic N) is 1. The monoisotopic (exact) mass is 323 g/mol. The van der Waals surface area contributed by atoms with E-state index in [4.69, 9.17) is 4.74 Å². The highest BCUT2D eigenvalue weighted by Gasteiger charge is 2.21. The molecule has 0 amide bonds. The number of Topliss-reactive ketones (excluding diaryl/α,β-unsaturated/α-hetero) is 1. The van der Waals surface area contributed by atoms with Gasteiger partial charge in [-0.15, -0.1) is 0 Å². The van der Waals surface area contributed by atoms with Gasteiger partial charge in [0.2, 0.25) is 5.78 Å². The van der Waals surface area contributed by atoms with Gasteiger partial charge in [-0.3, -0.25) is 4.79 Å². The summed E-state index contributed by atoms with van der Waals surface area (Å²) < 4.78 is 18.1. The third kappa shape index (κ3) is 3.30. The van der Waals surface area contributed by atoms with Crippen LogP contribution in [0.3, 0.4) is 0 Å². The quantitative estimate of drug-likeness (QED) is 0.541. The maximum Gasteiger partial charge on any atom is 0.357 e. The molecule has 0 aliphatic heterocycles. The van der Waals surface area contributed by atoms with E-state index >= 15 is 0 Å². The molecule has 0 aliphatic carbocycles. The second-order valence-corrected chi connectivity index (χ2v) is 5.31. The van der Waals surface area contributed by atoms with E-state index in [1.54, 1.807) is 18.2 Å². The third-order valence-corrected chi connectivity index (χ3v) is 3.59. The van der Waals surface area contributed by atoms with Crippen molar-refractivity contribution >= 4 is 22.7 Å². The van der Waals surface area contributed by atoms with E-state index < -0.39 is 23.7 Å². The Bertz CT molecular complexity index is 906. The summed E-state index contributed by atoms with van der Waals surface area (Å²) >= 11 is 0. The first-order chi connectivity index (χ1) is 11.5. The van der Waals surface area contributed by atoms with Gasteiger partial charge in [0.05, 0.1) is 5.52 Å². The molecule has 0 saturated carbocycles. The maximum absolute atomic E-state index is 12.9. The van der Waals surface area contributed by atoms with Crippen LogP contribution in [0.25, 0.3) is 10.9 Å². The number of para-hydroxylation sites is 1. The lowest BCUT2D eigenvalue weighted by Gasteiger charge is -2.12. The summed E-state index contributed by atoms with van der Waals surface area (Å²) in [5, 5.41) is 0.907. The van der Waals surface area contributed by atoms with Gasteiger partial charge in [-0.2, -0.15) is 0 Å². The highest BCUT2D eigenvalue weighted by atomic mass is 19.1. The first kappa shape index (κ1) is 15.8. The number of fused-ring (bicyclic) bond motifs is 1. The lowest BCUT2D eigenvalue weighted by molar-refractivity contribution is 0.0313. The van der Waals surface area contributed by atoms with Crippen molar-refractivity contribution in [3.05, 3.63) is 77.7 Å². The van der Waals surface area contributed by atoms with Gasteiger partial charge in [0, 0.05) is 10.9 Å². The van der Waals surface area contributed by atoms with E-state index in [2.05, 4.69) is 4.98 Å². The molecule has 4 nitrogen and oxygen atoms in total. The van der Waals surface area contributed by atoms with Crippen molar-refractivity contribution in [2.24, 2.45) is 0 Å². The van der Waals surface area contributed by atoms with E-state index in [1.165, 1.54) is 31.2 Å². The number of ketones is 1. The molecule has 120 valence electrons. The van der Waals surface area contributed by atoms with E-state index in [9.17, 15) is 14.0 Å². The SMILES string of the molecule is CC(OC(=O)c1ccc2ccccc2n1)C(=O)c1ccc(F)cc1. The Balaban J connectivity index is 1.75. The molecule has 3 rings (SSSR count). The molecule has 0 N–H and O–H groups in total. The largest absolute Gasteiger partial charge is 0.450 e. The molecule has 24 heavy (non-hydrogen) atoms. The number of carbonyl (C=O) groups is 2. The number of hydrogen-bond acceptors (Lipinski definition) is 4. The lowest BCUT2D eigenvalue weighted by Crippen LogP contribution is -2.24. The Hall–Kier alpha value is -3.08. The van der Waals surface area contributed by atoms with Crippen LogP contribution in [0.4, 0.5) is 4.39 Å². The van der Waals surface area contributed by atoms with Crippen LogP contribution >= 0.6 is 0 Å². The number of ether oxygens (including phenoxy) is 1. The molecule has 0 aliphatic rings. The van der Waals surface area contributed by atoms with Gasteiger partial charge >= 0.3 is 5.97 Å². The molecule has 5 heteroatoms. The minimum Gasteiger partial charge on any atom is -0.450 e. The fourth-order valence-electron chi connectivity index (χ4n) is 2.30. The number of carbonyl (C=O) groups excluding carboxylic acids is 2. The molecule has 0 fully saturated rings. The van der Waals surface area contributed by atoms with E-state index in [0.29, 0.717) is 5.52 Å². The molecule has 1 heterocycles. The van der Waals surface area contributed by atoms with E-state index in [1.807, 2.05) is 18.2 Å². The van der Waals surface area contributed by atoms with Gasteiger partial charge < -0.3 is 4.74 Å². The summed E-state index contributed by atoms with van der Waals surface area (Å²) in [6.07, 6.45) is -0.990. The minimum atomic E-state index is -0.990. The first-order valence-electron chi connectivity index (χ1n) is 7.41. The molecule has 1 aromatic heterocycles. The fraction of sp³-hybridized carbons (Fsp3) is 0.105. The van der Waals surface area contributed by atoms with E-state index in [-0.39, 0.29) is 11.3 Å². The van der Waals surface area contributed by atoms with Crippen LogP contribution < -0.4 is 0 Å². The molecule has 3 aromatic rings. The number of esters is 1. The molecule has 1 atom stereocenters. The Morgan fingerprint density at radius 1 is 1.00 bits per heavy atom. The predicted octanol–water partition coefficient (Wildman–Crippen LogP) is 3.80. The molecular weight excluding hydrogens is 309 g/mol. The van der Waals surface area contributed by atoms with Crippen LogP contribution in [0.15, 0.2) is 60.7 Å². The van der Waals surface area contributed by atoms with Crippen LogP contribution in [0, 0.1) is 5.82 Å². The van der Waals surface area contributed by atoms with Crippen molar-refractivity contribution in [2.75, 3.05) is 0 Å². The van der Waals surface area contributed by atoms with Crippen molar-refractivity contribution in [3.8, 4) is 0 Å². The smallest absolute Gasteiger partial charge is 0.357 e. The number of benzene rings is 2. The maximum atomic E-state index is 12.9. The average molecular weight is 323 g/mol. The highest BCUT2D eigenvalue weighted by molar-refractivity contribution is 6.01. The Morgan fingerprint density at radius 3 is 2.46 bits per heavy atom. The fourth-order valence-corrected chi connectivity index (χ4v) is 2.30. The number of aromatic nitrogens is 1. The number of rotatable bonds is 4. The zero-order valence-electron chi connectivity index (χ0n) is 12.9. The van der Waals surface area contributed by atoms with Gasteiger partial charge in [0.1, 0.15) is 11.5 Å². The number of pyridine rings is 1. The standard InChI is InChI=1S/C19H14FNO3/c1-12(18(22)14-6-9-15(20)10-7-14)24-19(23)17-11-8-13-4-2-3-5-16(13)21-17/h2-12H,1H3.